The van der Waals surface area contributed by atoms with Gasteiger partial charge in [0.1, 0.15) is 19.0 Å². The highest BCUT2D eigenvalue weighted by Gasteiger charge is 2.19. The molecule has 88 valence electrons. The Hall–Kier alpha value is -1.42. The van der Waals surface area contributed by atoms with Gasteiger partial charge in [0.2, 0.25) is 0 Å². The lowest BCUT2D eigenvalue weighted by molar-refractivity contribution is 0.169. The highest BCUT2D eigenvalue weighted by Crippen LogP contribution is 2.39. The number of methoxy groups -OCH3 is 1. The third-order valence-electron chi connectivity index (χ3n) is 2.62. The van der Waals surface area contributed by atoms with Crippen molar-refractivity contribution in [3.8, 4) is 17.2 Å². The van der Waals surface area contributed by atoms with Crippen molar-refractivity contribution in [1.29, 1.82) is 0 Å². The maximum absolute atomic E-state index is 5.65. The van der Waals surface area contributed by atoms with Crippen molar-refractivity contribution in [1.82, 2.24) is 0 Å². The molecular weight excluding hydrogens is 206 g/mol. The Morgan fingerprint density at radius 2 is 2.12 bits per heavy atom. The molecule has 0 amide bonds. The normalized spacial score (nSPS) is 13.6. The molecule has 0 aromatic heterocycles. The monoisotopic (exact) mass is 223 g/mol. The Morgan fingerprint density at radius 1 is 1.31 bits per heavy atom. The quantitative estimate of drug-likeness (QED) is 0.837. The zero-order chi connectivity index (χ0) is 11.4. The fraction of sp³-hybridized carbons (Fsp3) is 0.500. The number of hydrogen-bond acceptors (Lipinski definition) is 4. The maximum Gasteiger partial charge on any atom is 0.168 e. The first-order valence-corrected chi connectivity index (χ1v) is 5.52. The summed E-state index contributed by atoms with van der Waals surface area (Å²) < 4.78 is 16.5. The Labute approximate surface area is 95.3 Å². The number of fused-ring (bicyclic) bond motifs is 1. The molecule has 0 saturated carbocycles. The molecule has 0 saturated heterocycles. The van der Waals surface area contributed by atoms with Gasteiger partial charge < -0.3 is 19.9 Å². The first-order chi connectivity index (χ1) is 7.86. The Kier molecular flexibility index (Phi) is 3.51. The second-order valence-corrected chi connectivity index (χ2v) is 3.66. The number of hydrogen-bond donors (Lipinski definition) is 1. The van der Waals surface area contributed by atoms with Crippen LogP contribution in [0.1, 0.15) is 12.0 Å². The fourth-order valence-electron chi connectivity index (χ4n) is 1.86. The Morgan fingerprint density at radius 3 is 2.88 bits per heavy atom. The van der Waals surface area contributed by atoms with E-state index in [0.717, 1.165) is 35.7 Å². The third-order valence-corrected chi connectivity index (χ3v) is 2.62. The van der Waals surface area contributed by atoms with E-state index in [1.807, 2.05) is 12.1 Å². The van der Waals surface area contributed by atoms with Gasteiger partial charge >= 0.3 is 0 Å². The van der Waals surface area contributed by atoms with Crippen molar-refractivity contribution >= 4 is 0 Å². The summed E-state index contributed by atoms with van der Waals surface area (Å²) in [5, 5.41) is 0. The van der Waals surface area contributed by atoms with E-state index < -0.39 is 0 Å². The summed E-state index contributed by atoms with van der Waals surface area (Å²) in [4.78, 5) is 0. The standard InChI is InChI=1S/C12H17NO3/c1-14-10-4-5-11-12(16-8-7-15-11)9(10)3-2-6-13/h4-5H,2-3,6-8,13H2,1H3. The second-order valence-electron chi connectivity index (χ2n) is 3.66. The molecule has 0 radical (unpaired) electrons. The van der Waals surface area contributed by atoms with E-state index in [9.17, 15) is 0 Å². The van der Waals surface area contributed by atoms with Crippen molar-refractivity contribution < 1.29 is 14.2 Å². The van der Waals surface area contributed by atoms with Gasteiger partial charge in [-0.25, -0.2) is 0 Å². The fourth-order valence-corrected chi connectivity index (χ4v) is 1.86. The summed E-state index contributed by atoms with van der Waals surface area (Å²) in [5.74, 6) is 2.47. The van der Waals surface area contributed by atoms with E-state index in [4.69, 9.17) is 19.9 Å². The molecule has 1 aromatic rings. The molecule has 2 N–H and O–H groups in total. The minimum atomic E-state index is 0.593. The van der Waals surface area contributed by atoms with Crippen LogP contribution in [0.3, 0.4) is 0 Å². The van der Waals surface area contributed by atoms with Crippen LogP contribution in [0.2, 0.25) is 0 Å². The predicted molar refractivity (Wildman–Crippen MR) is 61.4 cm³/mol. The molecule has 0 atom stereocenters. The summed E-state index contributed by atoms with van der Waals surface area (Å²) in [6.07, 6.45) is 1.77. The molecule has 0 aliphatic carbocycles. The molecule has 0 fully saturated rings. The summed E-state index contributed by atoms with van der Waals surface area (Å²) in [6.45, 7) is 1.86. The topological polar surface area (TPSA) is 53.7 Å². The van der Waals surface area contributed by atoms with Crippen LogP contribution in [0.4, 0.5) is 0 Å². The van der Waals surface area contributed by atoms with Crippen molar-refractivity contribution in [3.63, 3.8) is 0 Å². The molecular formula is C12H17NO3. The number of ether oxygens (including phenoxy) is 3. The summed E-state index contributed by atoms with van der Waals surface area (Å²) >= 11 is 0. The summed E-state index contributed by atoms with van der Waals surface area (Å²) in [6, 6.07) is 3.80. The van der Waals surface area contributed by atoms with Crippen LogP contribution in [0.5, 0.6) is 17.2 Å². The van der Waals surface area contributed by atoms with Gasteiger partial charge in [-0.3, -0.25) is 0 Å². The van der Waals surface area contributed by atoms with Gasteiger partial charge in [-0.2, -0.15) is 0 Å². The first kappa shape index (κ1) is 11.1. The van der Waals surface area contributed by atoms with Gasteiger partial charge in [0, 0.05) is 5.56 Å². The molecule has 1 aromatic carbocycles. The zero-order valence-corrected chi connectivity index (χ0v) is 9.49. The predicted octanol–water partition coefficient (Wildman–Crippen LogP) is 1.36. The molecule has 1 aliphatic rings. The van der Waals surface area contributed by atoms with Gasteiger partial charge in [-0.05, 0) is 31.5 Å². The SMILES string of the molecule is COc1ccc2c(c1CCCN)OCCO2. The van der Waals surface area contributed by atoms with E-state index >= 15 is 0 Å². The molecule has 1 heterocycles. The minimum absolute atomic E-state index is 0.593. The highest BCUT2D eigenvalue weighted by molar-refractivity contribution is 5.54. The average molecular weight is 223 g/mol. The molecule has 0 bridgehead atoms. The zero-order valence-electron chi connectivity index (χ0n) is 9.49. The van der Waals surface area contributed by atoms with Crippen LogP contribution >= 0.6 is 0 Å². The molecule has 1 aliphatic heterocycles. The highest BCUT2D eigenvalue weighted by atomic mass is 16.6. The number of nitrogens with two attached hydrogens (primary N) is 1. The molecule has 16 heavy (non-hydrogen) atoms. The third kappa shape index (κ3) is 2.07. The van der Waals surface area contributed by atoms with Gasteiger partial charge in [0.25, 0.3) is 0 Å². The van der Waals surface area contributed by atoms with Crippen molar-refractivity contribution in [2.24, 2.45) is 5.73 Å². The summed E-state index contributed by atoms with van der Waals surface area (Å²) in [7, 11) is 1.66. The summed E-state index contributed by atoms with van der Waals surface area (Å²) in [5.41, 5.74) is 6.59. The van der Waals surface area contributed by atoms with Gasteiger partial charge in [0.05, 0.1) is 7.11 Å². The first-order valence-electron chi connectivity index (χ1n) is 5.52. The second kappa shape index (κ2) is 5.07. The largest absolute Gasteiger partial charge is 0.496 e. The van der Waals surface area contributed by atoms with Crippen LogP contribution in [-0.2, 0) is 6.42 Å². The lowest BCUT2D eigenvalue weighted by atomic mass is 10.1. The van der Waals surface area contributed by atoms with Crippen LogP contribution in [-0.4, -0.2) is 26.9 Å². The molecule has 4 heteroatoms. The van der Waals surface area contributed by atoms with E-state index in [2.05, 4.69) is 0 Å². The van der Waals surface area contributed by atoms with Crippen LogP contribution in [0.25, 0.3) is 0 Å². The lowest BCUT2D eigenvalue weighted by Gasteiger charge is -2.22. The van der Waals surface area contributed by atoms with Crippen LogP contribution < -0.4 is 19.9 Å². The van der Waals surface area contributed by atoms with E-state index in [0.29, 0.717) is 19.8 Å². The molecule has 0 spiro atoms. The van der Waals surface area contributed by atoms with E-state index in [1.54, 1.807) is 7.11 Å². The van der Waals surface area contributed by atoms with E-state index in [-0.39, 0.29) is 0 Å². The number of rotatable bonds is 4. The van der Waals surface area contributed by atoms with Gasteiger partial charge in [-0.15, -0.1) is 0 Å². The van der Waals surface area contributed by atoms with E-state index in [1.165, 1.54) is 0 Å². The molecule has 0 unspecified atom stereocenters. The molecule has 4 nitrogen and oxygen atoms in total. The van der Waals surface area contributed by atoms with Gasteiger partial charge in [0.15, 0.2) is 11.5 Å². The average Bonchev–Trinajstić information content (AvgIpc) is 2.35. The molecule has 2 rings (SSSR count). The van der Waals surface area contributed by atoms with Crippen molar-refractivity contribution in [2.45, 2.75) is 12.8 Å². The smallest absolute Gasteiger partial charge is 0.168 e. The van der Waals surface area contributed by atoms with Crippen molar-refractivity contribution in [3.05, 3.63) is 17.7 Å². The Balaban J connectivity index is 2.35. The van der Waals surface area contributed by atoms with Crippen molar-refractivity contribution in [2.75, 3.05) is 26.9 Å². The minimum Gasteiger partial charge on any atom is -0.496 e. The lowest BCUT2D eigenvalue weighted by Crippen LogP contribution is -2.17. The number of benzene rings is 1. The Bertz CT molecular complexity index is 366. The van der Waals surface area contributed by atoms with Crippen LogP contribution in [0.15, 0.2) is 12.1 Å². The maximum atomic E-state index is 5.65. The van der Waals surface area contributed by atoms with Crippen LogP contribution in [0, 0.1) is 0 Å². The van der Waals surface area contributed by atoms with Gasteiger partial charge in [-0.1, -0.05) is 0 Å².